The summed E-state index contributed by atoms with van der Waals surface area (Å²) in [4.78, 5) is 15.7. The van der Waals surface area contributed by atoms with E-state index in [2.05, 4.69) is 10.3 Å². The van der Waals surface area contributed by atoms with Gasteiger partial charge >= 0.3 is 0 Å². The molecule has 0 saturated carbocycles. The van der Waals surface area contributed by atoms with Gasteiger partial charge in [-0.25, -0.2) is 4.98 Å². The van der Waals surface area contributed by atoms with Gasteiger partial charge in [0.2, 0.25) is 5.91 Å². The molecule has 6 heteroatoms. The maximum atomic E-state index is 11.8. The lowest BCUT2D eigenvalue weighted by atomic mass is 10.2. The molecule has 0 bridgehead atoms. The molecule has 0 atom stereocenters. The monoisotopic (exact) mass is 326 g/mol. The summed E-state index contributed by atoms with van der Waals surface area (Å²) in [6.45, 7) is 0. The minimum atomic E-state index is -0.351. The third-order valence-electron chi connectivity index (χ3n) is 2.42. The van der Waals surface area contributed by atoms with Gasteiger partial charge in [0.15, 0.2) is 5.15 Å². The van der Waals surface area contributed by atoms with Crippen LogP contribution in [-0.4, -0.2) is 10.9 Å². The average Bonchev–Trinajstić information content (AvgIpc) is 2.41. The molecule has 1 aromatic heterocycles. The summed E-state index contributed by atoms with van der Waals surface area (Å²) in [5, 5.41) is 3.79. The fraction of sp³-hybridized carbons (Fsp3) is 0. The van der Waals surface area contributed by atoms with Crippen LogP contribution in [0.15, 0.2) is 42.6 Å². The number of hydrogen-bond acceptors (Lipinski definition) is 2. The van der Waals surface area contributed by atoms with Crippen LogP contribution in [-0.2, 0) is 4.79 Å². The molecule has 0 radical (unpaired) electrons. The van der Waals surface area contributed by atoms with Crippen LogP contribution < -0.4 is 5.32 Å². The lowest BCUT2D eigenvalue weighted by molar-refractivity contribution is -0.111. The molecule has 1 aromatic carbocycles. The highest BCUT2D eigenvalue weighted by atomic mass is 35.5. The van der Waals surface area contributed by atoms with E-state index in [1.165, 1.54) is 12.3 Å². The topological polar surface area (TPSA) is 42.0 Å². The Morgan fingerprint density at radius 1 is 1.10 bits per heavy atom. The third kappa shape index (κ3) is 3.73. The number of carbonyl (C=O) groups is 1. The zero-order chi connectivity index (χ0) is 14.5. The van der Waals surface area contributed by atoms with Gasteiger partial charge in [0.1, 0.15) is 0 Å². The highest BCUT2D eigenvalue weighted by Crippen LogP contribution is 2.25. The van der Waals surface area contributed by atoms with Crippen LogP contribution in [0.5, 0.6) is 0 Å². The molecule has 2 rings (SSSR count). The van der Waals surface area contributed by atoms with Gasteiger partial charge in [-0.05, 0) is 30.3 Å². The highest BCUT2D eigenvalue weighted by Gasteiger charge is 2.05. The van der Waals surface area contributed by atoms with E-state index in [0.717, 1.165) is 0 Å². The maximum absolute atomic E-state index is 11.8. The van der Waals surface area contributed by atoms with E-state index < -0.39 is 0 Å². The van der Waals surface area contributed by atoms with Crippen LogP contribution >= 0.6 is 34.8 Å². The first-order valence-electron chi connectivity index (χ1n) is 5.61. The number of aromatic nitrogens is 1. The largest absolute Gasteiger partial charge is 0.320 e. The zero-order valence-electron chi connectivity index (χ0n) is 10.1. The van der Waals surface area contributed by atoms with Gasteiger partial charge in [-0.3, -0.25) is 4.79 Å². The Balaban J connectivity index is 2.12. The Bertz CT molecular complexity index is 651. The molecule has 2 aromatic rings. The van der Waals surface area contributed by atoms with Crippen LogP contribution in [0, 0.1) is 0 Å². The Labute approximate surface area is 131 Å². The van der Waals surface area contributed by atoms with Crippen LogP contribution in [0.4, 0.5) is 5.69 Å². The van der Waals surface area contributed by atoms with Crippen molar-refractivity contribution in [3.05, 3.63) is 63.4 Å². The molecule has 0 aliphatic carbocycles. The summed E-state index contributed by atoms with van der Waals surface area (Å²) >= 11 is 17.8. The summed E-state index contributed by atoms with van der Waals surface area (Å²) in [5.41, 5.74) is 1.03. The average molecular weight is 328 g/mol. The lowest BCUT2D eigenvalue weighted by Crippen LogP contribution is -2.08. The fourth-order valence-electron chi connectivity index (χ4n) is 1.48. The molecule has 3 nitrogen and oxygen atoms in total. The predicted molar refractivity (Wildman–Crippen MR) is 83.4 cm³/mol. The molecule has 102 valence electrons. The standard InChI is InChI=1S/C14H9Cl3N2O/c15-10-3-1-4-11(16)9(10)6-7-13(20)19-12-5-2-8-18-14(12)17/h1-8H,(H,19,20). The van der Waals surface area contributed by atoms with Gasteiger partial charge in [0, 0.05) is 27.9 Å². The number of hydrogen-bond donors (Lipinski definition) is 1. The third-order valence-corrected chi connectivity index (χ3v) is 3.38. The van der Waals surface area contributed by atoms with Gasteiger partial charge < -0.3 is 5.32 Å². The van der Waals surface area contributed by atoms with Crippen LogP contribution in [0.1, 0.15) is 5.56 Å². The molecule has 0 spiro atoms. The molecule has 1 amide bonds. The number of nitrogens with zero attached hydrogens (tertiary/aromatic N) is 1. The summed E-state index contributed by atoms with van der Waals surface area (Å²) in [6, 6.07) is 8.46. The predicted octanol–water partition coefficient (Wildman–Crippen LogP) is 4.69. The molecule has 0 aliphatic heterocycles. The number of anilines is 1. The highest BCUT2D eigenvalue weighted by molar-refractivity contribution is 6.37. The zero-order valence-corrected chi connectivity index (χ0v) is 12.4. The van der Waals surface area contributed by atoms with Crippen molar-refractivity contribution < 1.29 is 4.79 Å². The molecular formula is C14H9Cl3N2O. The van der Waals surface area contributed by atoms with Gasteiger partial charge in [-0.15, -0.1) is 0 Å². The minimum Gasteiger partial charge on any atom is -0.320 e. The van der Waals surface area contributed by atoms with Crippen molar-refractivity contribution in [2.24, 2.45) is 0 Å². The number of amides is 1. The van der Waals surface area contributed by atoms with E-state index in [1.54, 1.807) is 36.4 Å². The number of benzene rings is 1. The van der Waals surface area contributed by atoms with Crippen molar-refractivity contribution in [1.29, 1.82) is 0 Å². The fourth-order valence-corrected chi connectivity index (χ4v) is 2.17. The molecule has 1 heterocycles. The number of rotatable bonds is 3. The molecule has 1 N–H and O–H groups in total. The first-order valence-corrected chi connectivity index (χ1v) is 6.75. The van der Waals surface area contributed by atoms with Crippen molar-refractivity contribution >= 4 is 52.5 Å². The van der Waals surface area contributed by atoms with Gasteiger partial charge in [0.25, 0.3) is 0 Å². The van der Waals surface area contributed by atoms with E-state index in [4.69, 9.17) is 34.8 Å². The first kappa shape index (κ1) is 14.9. The number of carbonyl (C=O) groups excluding carboxylic acids is 1. The molecule has 0 fully saturated rings. The van der Waals surface area contributed by atoms with E-state index >= 15 is 0 Å². The molecule has 20 heavy (non-hydrogen) atoms. The van der Waals surface area contributed by atoms with Gasteiger partial charge in [0.05, 0.1) is 5.69 Å². The second kappa shape index (κ2) is 6.75. The molecule has 0 saturated heterocycles. The number of pyridine rings is 1. The van der Waals surface area contributed by atoms with Gasteiger partial charge in [-0.1, -0.05) is 40.9 Å². The van der Waals surface area contributed by atoms with Gasteiger partial charge in [-0.2, -0.15) is 0 Å². The Kier molecular flexibility index (Phi) is 5.01. The Hall–Kier alpha value is -1.55. The van der Waals surface area contributed by atoms with Crippen LogP contribution in [0.25, 0.3) is 6.08 Å². The smallest absolute Gasteiger partial charge is 0.248 e. The first-order chi connectivity index (χ1) is 9.58. The van der Waals surface area contributed by atoms with E-state index in [1.807, 2.05) is 0 Å². The SMILES string of the molecule is O=C(C=Cc1c(Cl)cccc1Cl)Nc1cccnc1Cl. The Morgan fingerprint density at radius 3 is 2.45 bits per heavy atom. The second-order valence-corrected chi connectivity index (χ2v) is 4.97. The van der Waals surface area contributed by atoms with Crippen molar-refractivity contribution in [3.63, 3.8) is 0 Å². The van der Waals surface area contributed by atoms with Crippen LogP contribution in [0.3, 0.4) is 0 Å². The van der Waals surface area contributed by atoms with Crippen LogP contribution in [0.2, 0.25) is 15.2 Å². The summed E-state index contributed by atoms with van der Waals surface area (Å²) < 4.78 is 0. The number of halogens is 3. The molecule has 0 unspecified atom stereocenters. The maximum Gasteiger partial charge on any atom is 0.248 e. The van der Waals surface area contributed by atoms with E-state index in [-0.39, 0.29) is 11.1 Å². The minimum absolute atomic E-state index is 0.227. The van der Waals surface area contributed by atoms with E-state index in [9.17, 15) is 4.79 Å². The second-order valence-electron chi connectivity index (χ2n) is 3.80. The van der Waals surface area contributed by atoms with Crippen molar-refractivity contribution in [2.45, 2.75) is 0 Å². The lowest BCUT2D eigenvalue weighted by Gasteiger charge is -2.04. The van der Waals surface area contributed by atoms with Crippen molar-refractivity contribution in [1.82, 2.24) is 4.98 Å². The summed E-state index contributed by atoms with van der Waals surface area (Å²) in [7, 11) is 0. The Morgan fingerprint density at radius 2 is 1.80 bits per heavy atom. The van der Waals surface area contributed by atoms with Crippen molar-refractivity contribution in [2.75, 3.05) is 5.32 Å². The van der Waals surface area contributed by atoms with Crippen molar-refractivity contribution in [3.8, 4) is 0 Å². The molecular weight excluding hydrogens is 319 g/mol. The molecule has 0 aliphatic rings. The normalized spacial score (nSPS) is 10.8. The quantitative estimate of drug-likeness (QED) is 0.656. The number of nitrogens with one attached hydrogen (secondary N) is 1. The summed E-state index contributed by atoms with van der Waals surface area (Å²) in [6.07, 6.45) is 4.41. The van der Waals surface area contributed by atoms with E-state index in [0.29, 0.717) is 21.3 Å². The summed E-state index contributed by atoms with van der Waals surface area (Å²) in [5.74, 6) is -0.351.